The van der Waals surface area contributed by atoms with E-state index in [0.29, 0.717) is 12.1 Å². The third-order valence-electron chi connectivity index (χ3n) is 3.62. The maximum atomic E-state index is 9.07. The van der Waals surface area contributed by atoms with E-state index in [-0.39, 0.29) is 6.61 Å². The summed E-state index contributed by atoms with van der Waals surface area (Å²) in [5, 5.41) is 9.07. The summed E-state index contributed by atoms with van der Waals surface area (Å²) in [6.45, 7) is 4.35. The second kappa shape index (κ2) is 6.46. The molecule has 0 aromatic carbocycles. The van der Waals surface area contributed by atoms with Crippen LogP contribution >= 0.6 is 0 Å². The van der Waals surface area contributed by atoms with Gasteiger partial charge >= 0.3 is 0 Å². The Morgan fingerprint density at radius 3 is 2.20 bits per heavy atom. The van der Waals surface area contributed by atoms with E-state index >= 15 is 0 Å². The van der Waals surface area contributed by atoms with Gasteiger partial charge in [-0.15, -0.1) is 0 Å². The van der Waals surface area contributed by atoms with Crippen molar-refractivity contribution < 1.29 is 5.11 Å². The maximum absolute atomic E-state index is 9.07. The Balaban J connectivity index is 2.60. The summed E-state index contributed by atoms with van der Waals surface area (Å²) < 4.78 is 0. The van der Waals surface area contributed by atoms with Crippen molar-refractivity contribution in [3.63, 3.8) is 0 Å². The number of hydrogen-bond donors (Lipinski definition) is 1. The number of aliphatic hydroxyl groups is 1. The molecule has 0 radical (unpaired) electrons. The Labute approximate surface area is 94.1 Å². The molecule has 2 atom stereocenters. The van der Waals surface area contributed by atoms with Crippen molar-refractivity contribution in [3.05, 3.63) is 0 Å². The molecule has 2 unspecified atom stereocenters. The zero-order valence-corrected chi connectivity index (χ0v) is 10.4. The van der Waals surface area contributed by atoms with E-state index in [1.165, 1.54) is 25.7 Å². The van der Waals surface area contributed by atoms with Crippen molar-refractivity contribution in [2.45, 2.75) is 44.7 Å². The lowest BCUT2D eigenvalue weighted by Crippen LogP contribution is -2.51. The van der Waals surface area contributed by atoms with Crippen LogP contribution in [0.1, 0.15) is 32.6 Å². The van der Waals surface area contributed by atoms with E-state index in [0.717, 1.165) is 13.1 Å². The van der Waals surface area contributed by atoms with Crippen molar-refractivity contribution in [1.82, 2.24) is 9.80 Å². The number of nitrogens with zero attached hydrogens (tertiary/aromatic N) is 2. The lowest BCUT2D eigenvalue weighted by molar-refractivity contribution is 0.0643. The standard InChI is InChI=1S/C12H26N2O/c1-4-14(9-10-15)12-8-6-5-7-11(12)13(2)3/h11-12,15H,4-10H2,1-3H3. The van der Waals surface area contributed by atoms with Gasteiger partial charge in [-0.3, -0.25) is 4.90 Å². The molecule has 0 aromatic heterocycles. The highest BCUT2D eigenvalue weighted by molar-refractivity contribution is 4.87. The normalized spacial score (nSPS) is 27.6. The Morgan fingerprint density at radius 2 is 1.73 bits per heavy atom. The molecule has 1 aliphatic rings. The van der Waals surface area contributed by atoms with Crippen molar-refractivity contribution >= 4 is 0 Å². The molecule has 0 bridgehead atoms. The van der Waals surface area contributed by atoms with Gasteiger partial charge in [-0.2, -0.15) is 0 Å². The largest absolute Gasteiger partial charge is 0.395 e. The first-order valence-electron chi connectivity index (χ1n) is 6.22. The highest BCUT2D eigenvalue weighted by Crippen LogP contribution is 2.25. The van der Waals surface area contributed by atoms with E-state index in [1.807, 2.05) is 0 Å². The van der Waals surface area contributed by atoms with Gasteiger partial charge < -0.3 is 10.0 Å². The van der Waals surface area contributed by atoms with Crippen molar-refractivity contribution in [2.24, 2.45) is 0 Å². The topological polar surface area (TPSA) is 26.7 Å². The van der Waals surface area contributed by atoms with Crippen molar-refractivity contribution in [1.29, 1.82) is 0 Å². The van der Waals surface area contributed by atoms with Gasteiger partial charge in [0.05, 0.1) is 6.61 Å². The first-order chi connectivity index (χ1) is 7.20. The van der Waals surface area contributed by atoms with Gasteiger partial charge in [-0.05, 0) is 33.5 Å². The summed E-state index contributed by atoms with van der Waals surface area (Å²) in [5.74, 6) is 0. The summed E-state index contributed by atoms with van der Waals surface area (Å²) in [6.07, 6.45) is 5.29. The van der Waals surface area contributed by atoms with E-state index < -0.39 is 0 Å². The van der Waals surface area contributed by atoms with Gasteiger partial charge in [0.25, 0.3) is 0 Å². The average Bonchev–Trinajstić information content (AvgIpc) is 2.26. The average molecular weight is 214 g/mol. The second-order valence-electron chi connectivity index (χ2n) is 4.73. The molecule has 90 valence electrons. The Hall–Kier alpha value is -0.120. The van der Waals surface area contributed by atoms with Gasteiger partial charge in [0, 0.05) is 18.6 Å². The summed E-state index contributed by atoms with van der Waals surface area (Å²) in [5.41, 5.74) is 0. The molecule has 1 saturated carbocycles. The highest BCUT2D eigenvalue weighted by atomic mass is 16.3. The zero-order chi connectivity index (χ0) is 11.3. The smallest absolute Gasteiger partial charge is 0.0558 e. The lowest BCUT2D eigenvalue weighted by Gasteiger charge is -2.42. The minimum Gasteiger partial charge on any atom is -0.395 e. The fraction of sp³-hybridized carbons (Fsp3) is 1.00. The Kier molecular flexibility index (Phi) is 5.58. The van der Waals surface area contributed by atoms with Gasteiger partial charge in [-0.25, -0.2) is 0 Å². The zero-order valence-electron chi connectivity index (χ0n) is 10.4. The molecule has 0 spiro atoms. The summed E-state index contributed by atoms with van der Waals surface area (Å²) >= 11 is 0. The predicted octanol–water partition coefficient (Wildman–Crippen LogP) is 1.17. The van der Waals surface area contributed by atoms with Crippen LogP contribution in [0.5, 0.6) is 0 Å². The quantitative estimate of drug-likeness (QED) is 0.744. The van der Waals surface area contributed by atoms with Crippen LogP contribution in [0, 0.1) is 0 Å². The molecule has 0 aliphatic heterocycles. The van der Waals surface area contributed by atoms with E-state index in [1.54, 1.807) is 0 Å². The van der Waals surface area contributed by atoms with Crippen LogP contribution in [0.3, 0.4) is 0 Å². The molecule has 3 nitrogen and oxygen atoms in total. The number of hydrogen-bond acceptors (Lipinski definition) is 3. The van der Waals surface area contributed by atoms with Gasteiger partial charge in [0.15, 0.2) is 0 Å². The SMILES string of the molecule is CCN(CCO)C1CCCCC1N(C)C. The second-order valence-corrected chi connectivity index (χ2v) is 4.73. The molecule has 0 saturated heterocycles. The number of likely N-dealkylation sites (N-methyl/N-ethyl adjacent to an activating group) is 2. The molecule has 0 amide bonds. The fourth-order valence-corrected chi connectivity index (χ4v) is 2.81. The summed E-state index contributed by atoms with van der Waals surface area (Å²) in [4.78, 5) is 4.79. The molecule has 1 rings (SSSR count). The van der Waals surface area contributed by atoms with Crippen LogP contribution in [0.15, 0.2) is 0 Å². The number of rotatable bonds is 5. The van der Waals surface area contributed by atoms with Crippen LogP contribution in [-0.4, -0.2) is 60.8 Å². The third kappa shape index (κ3) is 3.44. The van der Waals surface area contributed by atoms with Crippen molar-refractivity contribution in [3.8, 4) is 0 Å². The minimum atomic E-state index is 0.282. The summed E-state index contributed by atoms with van der Waals surface area (Å²) in [7, 11) is 4.35. The molecular weight excluding hydrogens is 188 g/mol. The summed E-state index contributed by atoms with van der Waals surface area (Å²) in [6, 6.07) is 1.32. The first-order valence-corrected chi connectivity index (χ1v) is 6.22. The predicted molar refractivity (Wildman–Crippen MR) is 64.1 cm³/mol. The Morgan fingerprint density at radius 1 is 1.13 bits per heavy atom. The monoisotopic (exact) mass is 214 g/mol. The van der Waals surface area contributed by atoms with E-state index in [9.17, 15) is 0 Å². The molecule has 1 N–H and O–H groups in total. The molecule has 3 heteroatoms. The third-order valence-corrected chi connectivity index (χ3v) is 3.62. The van der Waals surface area contributed by atoms with Gasteiger partial charge in [0.2, 0.25) is 0 Å². The van der Waals surface area contributed by atoms with Crippen LogP contribution < -0.4 is 0 Å². The van der Waals surface area contributed by atoms with Crippen LogP contribution in [0.2, 0.25) is 0 Å². The number of aliphatic hydroxyl groups excluding tert-OH is 1. The Bertz CT molecular complexity index is 173. The van der Waals surface area contributed by atoms with Gasteiger partial charge in [0.1, 0.15) is 0 Å². The molecule has 15 heavy (non-hydrogen) atoms. The lowest BCUT2D eigenvalue weighted by atomic mass is 9.88. The van der Waals surface area contributed by atoms with E-state index in [4.69, 9.17) is 5.11 Å². The first kappa shape index (κ1) is 12.9. The van der Waals surface area contributed by atoms with Crippen LogP contribution in [-0.2, 0) is 0 Å². The highest BCUT2D eigenvalue weighted by Gasteiger charge is 2.30. The molecule has 1 fully saturated rings. The van der Waals surface area contributed by atoms with Crippen molar-refractivity contribution in [2.75, 3.05) is 33.8 Å². The minimum absolute atomic E-state index is 0.282. The molecule has 0 aromatic rings. The van der Waals surface area contributed by atoms with Gasteiger partial charge in [-0.1, -0.05) is 19.8 Å². The van der Waals surface area contributed by atoms with E-state index in [2.05, 4.69) is 30.8 Å². The molecule has 1 aliphatic carbocycles. The molecular formula is C12H26N2O. The molecule has 0 heterocycles. The maximum Gasteiger partial charge on any atom is 0.0558 e. The van der Waals surface area contributed by atoms with Crippen LogP contribution in [0.4, 0.5) is 0 Å². The fourth-order valence-electron chi connectivity index (χ4n) is 2.81. The van der Waals surface area contributed by atoms with Crippen LogP contribution in [0.25, 0.3) is 0 Å².